The van der Waals surface area contributed by atoms with Crippen molar-refractivity contribution in [2.45, 2.75) is 32.9 Å². The van der Waals surface area contributed by atoms with Crippen molar-refractivity contribution in [3.8, 4) is 5.69 Å². The highest BCUT2D eigenvalue weighted by atomic mass is 16.2. The quantitative estimate of drug-likeness (QED) is 0.883. The molecule has 5 heteroatoms. The van der Waals surface area contributed by atoms with Gasteiger partial charge in [-0.05, 0) is 30.5 Å². The molecule has 1 heterocycles. The minimum absolute atomic E-state index is 0.0919. The van der Waals surface area contributed by atoms with Gasteiger partial charge in [0.2, 0.25) is 5.91 Å². The second-order valence-corrected chi connectivity index (χ2v) is 5.57. The fraction of sp³-hybridized carbons (Fsp3) is 0.375. The molecule has 112 valence electrons. The second-order valence-electron chi connectivity index (χ2n) is 5.57. The molecule has 1 amide bonds. The van der Waals surface area contributed by atoms with Gasteiger partial charge in [0.05, 0.1) is 18.4 Å². The Morgan fingerprint density at radius 3 is 2.71 bits per heavy atom. The number of carbonyl (C=O) groups excluding carboxylic acids is 1. The molecular weight excluding hydrogens is 264 g/mol. The maximum atomic E-state index is 12.0. The maximum Gasteiger partial charge on any atom is 0.237 e. The van der Waals surface area contributed by atoms with Crippen LogP contribution < -0.4 is 11.1 Å². The topological polar surface area (TPSA) is 72.9 Å². The van der Waals surface area contributed by atoms with Gasteiger partial charge in [-0.25, -0.2) is 4.98 Å². The zero-order valence-electron chi connectivity index (χ0n) is 12.7. The summed E-state index contributed by atoms with van der Waals surface area (Å²) in [6, 6.07) is 7.42. The first-order valence-corrected chi connectivity index (χ1v) is 7.13. The lowest BCUT2D eigenvalue weighted by Crippen LogP contribution is -2.44. The van der Waals surface area contributed by atoms with E-state index >= 15 is 0 Å². The highest BCUT2D eigenvalue weighted by Crippen LogP contribution is 2.17. The van der Waals surface area contributed by atoms with Crippen LogP contribution in [0.5, 0.6) is 0 Å². The van der Waals surface area contributed by atoms with Gasteiger partial charge in [-0.1, -0.05) is 26.0 Å². The summed E-state index contributed by atoms with van der Waals surface area (Å²) in [7, 11) is 0. The number of nitrogens with zero attached hydrogens (tertiary/aromatic N) is 2. The number of rotatable bonds is 5. The lowest BCUT2D eigenvalue weighted by atomic mass is 10.0. The molecular formula is C16H22N4O. The zero-order valence-corrected chi connectivity index (χ0v) is 12.7. The van der Waals surface area contributed by atoms with E-state index in [1.807, 2.05) is 55.8 Å². The Bertz CT molecular complexity index is 592. The van der Waals surface area contributed by atoms with E-state index < -0.39 is 6.04 Å². The fourth-order valence-corrected chi connectivity index (χ4v) is 2.06. The largest absolute Gasteiger partial charge is 0.348 e. The second kappa shape index (κ2) is 6.54. The number of aromatic nitrogens is 2. The van der Waals surface area contributed by atoms with E-state index in [4.69, 9.17) is 5.73 Å². The molecule has 0 radical (unpaired) electrons. The molecule has 0 aliphatic rings. The molecule has 0 spiro atoms. The summed E-state index contributed by atoms with van der Waals surface area (Å²) in [4.78, 5) is 16.1. The van der Waals surface area contributed by atoms with E-state index in [0.29, 0.717) is 0 Å². The molecule has 5 nitrogen and oxygen atoms in total. The van der Waals surface area contributed by atoms with Gasteiger partial charge in [0.25, 0.3) is 0 Å². The summed E-state index contributed by atoms with van der Waals surface area (Å²) in [6.07, 6.45) is 5.37. The van der Waals surface area contributed by atoms with Crippen LogP contribution >= 0.6 is 0 Å². The van der Waals surface area contributed by atoms with Crippen molar-refractivity contribution in [3.05, 3.63) is 48.5 Å². The first-order valence-electron chi connectivity index (χ1n) is 7.13. The Morgan fingerprint density at radius 1 is 1.33 bits per heavy atom. The Balaban J connectivity index is 2.11. The van der Waals surface area contributed by atoms with Crippen molar-refractivity contribution in [3.63, 3.8) is 0 Å². The molecule has 1 unspecified atom stereocenters. The molecule has 0 aliphatic heterocycles. The molecule has 2 atom stereocenters. The molecule has 2 rings (SSSR count). The number of hydrogen-bond donors (Lipinski definition) is 2. The van der Waals surface area contributed by atoms with Gasteiger partial charge in [0.15, 0.2) is 0 Å². The first-order chi connectivity index (χ1) is 9.99. The number of amides is 1. The minimum Gasteiger partial charge on any atom is -0.348 e. The van der Waals surface area contributed by atoms with Crippen LogP contribution in [0.15, 0.2) is 43.0 Å². The van der Waals surface area contributed by atoms with Crippen LogP contribution in [0.3, 0.4) is 0 Å². The molecule has 1 aromatic heterocycles. The number of benzene rings is 1. The van der Waals surface area contributed by atoms with Crippen molar-refractivity contribution in [1.82, 2.24) is 14.9 Å². The van der Waals surface area contributed by atoms with Gasteiger partial charge >= 0.3 is 0 Å². The summed E-state index contributed by atoms with van der Waals surface area (Å²) in [6.45, 7) is 5.83. The SMILES string of the molecule is CC(NC(=O)[C@@H](N)C(C)C)c1cccc(-n2ccnc2)c1. The van der Waals surface area contributed by atoms with Gasteiger partial charge in [-0.3, -0.25) is 4.79 Å². The third kappa shape index (κ3) is 3.70. The fourth-order valence-electron chi connectivity index (χ4n) is 2.06. The predicted octanol–water partition coefficient (Wildman–Crippen LogP) is 2.03. The van der Waals surface area contributed by atoms with E-state index in [1.54, 1.807) is 12.5 Å². The molecule has 0 saturated carbocycles. The van der Waals surface area contributed by atoms with Crippen molar-refractivity contribution >= 4 is 5.91 Å². The number of imidazole rings is 1. The maximum absolute atomic E-state index is 12.0. The van der Waals surface area contributed by atoms with Gasteiger partial charge in [0, 0.05) is 18.1 Å². The van der Waals surface area contributed by atoms with Crippen LogP contribution in [0, 0.1) is 5.92 Å². The van der Waals surface area contributed by atoms with E-state index in [1.165, 1.54) is 0 Å². The summed E-state index contributed by atoms with van der Waals surface area (Å²) in [5.74, 6) is 0.0000157. The zero-order chi connectivity index (χ0) is 15.4. The molecule has 3 N–H and O–H groups in total. The highest BCUT2D eigenvalue weighted by molar-refractivity contribution is 5.82. The number of nitrogens with one attached hydrogen (secondary N) is 1. The average Bonchev–Trinajstić information content (AvgIpc) is 3.00. The van der Waals surface area contributed by atoms with Crippen LogP contribution in [0.25, 0.3) is 5.69 Å². The van der Waals surface area contributed by atoms with Crippen LogP contribution in [0.2, 0.25) is 0 Å². The number of carbonyl (C=O) groups is 1. The standard InChI is InChI=1S/C16H22N4O/c1-11(2)15(17)16(21)19-12(3)13-5-4-6-14(9-13)20-8-7-18-10-20/h4-12,15H,17H2,1-3H3,(H,19,21)/t12?,15-/m0/s1. The molecule has 0 saturated heterocycles. The third-order valence-corrected chi connectivity index (χ3v) is 3.55. The van der Waals surface area contributed by atoms with Crippen LogP contribution in [-0.2, 0) is 4.79 Å². The Hall–Kier alpha value is -2.14. The molecule has 0 aliphatic carbocycles. The Kier molecular flexibility index (Phi) is 4.75. The lowest BCUT2D eigenvalue weighted by molar-refractivity contribution is -0.123. The van der Waals surface area contributed by atoms with Gasteiger partial charge in [-0.2, -0.15) is 0 Å². The van der Waals surface area contributed by atoms with E-state index in [0.717, 1.165) is 11.3 Å². The molecule has 2 aromatic rings. The first kappa shape index (κ1) is 15.3. The van der Waals surface area contributed by atoms with Crippen LogP contribution in [0.1, 0.15) is 32.4 Å². The normalized spacial score (nSPS) is 14.0. The Morgan fingerprint density at radius 2 is 2.10 bits per heavy atom. The summed E-state index contributed by atoms with van der Waals surface area (Å²) in [5.41, 5.74) is 7.92. The van der Waals surface area contributed by atoms with Crippen LogP contribution in [0.4, 0.5) is 0 Å². The van der Waals surface area contributed by atoms with Gasteiger partial charge in [0.1, 0.15) is 0 Å². The monoisotopic (exact) mass is 286 g/mol. The van der Waals surface area contributed by atoms with E-state index in [9.17, 15) is 4.79 Å². The van der Waals surface area contributed by atoms with E-state index in [2.05, 4.69) is 10.3 Å². The molecule has 0 bridgehead atoms. The molecule has 21 heavy (non-hydrogen) atoms. The third-order valence-electron chi connectivity index (χ3n) is 3.55. The minimum atomic E-state index is -0.482. The van der Waals surface area contributed by atoms with Crippen molar-refractivity contribution in [1.29, 1.82) is 0 Å². The van der Waals surface area contributed by atoms with E-state index in [-0.39, 0.29) is 17.9 Å². The molecule has 0 fully saturated rings. The summed E-state index contributed by atoms with van der Waals surface area (Å²) < 4.78 is 1.93. The van der Waals surface area contributed by atoms with Crippen molar-refractivity contribution in [2.75, 3.05) is 0 Å². The number of nitrogens with two attached hydrogens (primary N) is 1. The van der Waals surface area contributed by atoms with Gasteiger partial charge < -0.3 is 15.6 Å². The Labute approximate surface area is 125 Å². The van der Waals surface area contributed by atoms with Crippen LogP contribution in [-0.4, -0.2) is 21.5 Å². The van der Waals surface area contributed by atoms with Crippen molar-refractivity contribution < 1.29 is 4.79 Å². The smallest absolute Gasteiger partial charge is 0.237 e. The predicted molar refractivity (Wildman–Crippen MR) is 82.9 cm³/mol. The van der Waals surface area contributed by atoms with Gasteiger partial charge in [-0.15, -0.1) is 0 Å². The highest BCUT2D eigenvalue weighted by Gasteiger charge is 2.19. The average molecular weight is 286 g/mol. The lowest BCUT2D eigenvalue weighted by Gasteiger charge is -2.20. The van der Waals surface area contributed by atoms with Crippen molar-refractivity contribution in [2.24, 2.45) is 11.7 Å². The summed E-state index contributed by atoms with van der Waals surface area (Å²) in [5, 5.41) is 2.96. The number of hydrogen-bond acceptors (Lipinski definition) is 3. The summed E-state index contributed by atoms with van der Waals surface area (Å²) >= 11 is 0. The molecule has 1 aromatic carbocycles.